The number of hydrogen-bond acceptors (Lipinski definition) is 5. The molecule has 0 saturated heterocycles. The minimum atomic E-state index is -0.443. The van der Waals surface area contributed by atoms with Crippen LogP contribution >= 0.6 is 11.3 Å². The Morgan fingerprint density at radius 3 is 2.03 bits per heavy atom. The van der Waals surface area contributed by atoms with Gasteiger partial charge in [-0.3, -0.25) is 10.1 Å². The minimum Gasteiger partial charge on any atom is -0.465 e. The first kappa shape index (κ1) is 20.8. The first-order valence-corrected chi connectivity index (χ1v) is 10.1. The number of carbonyl (C=O) groups excluding carboxylic acids is 2. The summed E-state index contributed by atoms with van der Waals surface area (Å²) in [6.07, 6.45) is 0. The smallest absolute Gasteiger partial charge is 0.341 e. The van der Waals surface area contributed by atoms with Crippen LogP contribution in [0.15, 0.2) is 60.7 Å². The molecule has 29 heavy (non-hydrogen) atoms. The maximum atomic E-state index is 12.6. The van der Waals surface area contributed by atoms with Crippen LogP contribution in [0.3, 0.4) is 0 Å². The van der Waals surface area contributed by atoms with Crippen LogP contribution in [0.1, 0.15) is 38.0 Å². The predicted octanol–water partition coefficient (Wildman–Crippen LogP) is 4.47. The van der Waals surface area contributed by atoms with Gasteiger partial charge in [0, 0.05) is 4.88 Å². The number of hydrogen-bond donors (Lipinski definition) is 2. The van der Waals surface area contributed by atoms with Gasteiger partial charge >= 0.3 is 5.97 Å². The second kappa shape index (κ2) is 9.49. The maximum Gasteiger partial charge on any atom is 0.341 e. The van der Waals surface area contributed by atoms with E-state index in [4.69, 9.17) is 4.74 Å². The largest absolute Gasteiger partial charge is 0.465 e. The van der Waals surface area contributed by atoms with Crippen LogP contribution in [0, 0.1) is 13.8 Å². The lowest BCUT2D eigenvalue weighted by molar-refractivity contribution is -0.115. The maximum absolute atomic E-state index is 12.6. The van der Waals surface area contributed by atoms with E-state index in [1.807, 2.05) is 74.5 Å². The Morgan fingerprint density at radius 2 is 1.52 bits per heavy atom. The molecule has 6 heteroatoms. The van der Waals surface area contributed by atoms with Gasteiger partial charge in [0.05, 0.1) is 25.3 Å². The summed E-state index contributed by atoms with van der Waals surface area (Å²) in [7, 11) is 1.34. The van der Waals surface area contributed by atoms with Crippen LogP contribution < -0.4 is 10.6 Å². The summed E-state index contributed by atoms with van der Waals surface area (Å²) in [5, 5.41) is 6.72. The van der Waals surface area contributed by atoms with E-state index in [0.717, 1.165) is 21.6 Å². The molecule has 1 heterocycles. The highest BCUT2D eigenvalue weighted by atomic mass is 32.1. The first-order valence-electron chi connectivity index (χ1n) is 9.32. The van der Waals surface area contributed by atoms with Crippen molar-refractivity contribution in [3.05, 3.63) is 87.8 Å². The van der Waals surface area contributed by atoms with E-state index in [1.165, 1.54) is 18.4 Å². The Labute approximate surface area is 174 Å². The standard InChI is InChI=1S/C23H24N2O3S/c1-15-16(2)29-22(20(15)23(27)28-3)25-19(26)14-24-21(17-10-6-4-7-11-17)18-12-8-5-9-13-18/h4-13,21,24H,14H2,1-3H3,(H,25,26). The summed E-state index contributed by atoms with van der Waals surface area (Å²) in [5.41, 5.74) is 3.40. The molecule has 2 aromatic carbocycles. The monoisotopic (exact) mass is 408 g/mol. The van der Waals surface area contributed by atoms with Gasteiger partial charge in [0.25, 0.3) is 0 Å². The van der Waals surface area contributed by atoms with E-state index in [-0.39, 0.29) is 18.5 Å². The minimum absolute atomic E-state index is 0.102. The summed E-state index contributed by atoms with van der Waals surface area (Å²) in [6, 6.07) is 19.9. The van der Waals surface area contributed by atoms with Crippen LogP contribution in [-0.4, -0.2) is 25.5 Å². The zero-order valence-corrected chi connectivity index (χ0v) is 17.5. The van der Waals surface area contributed by atoms with E-state index >= 15 is 0 Å². The number of thiophene rings is 1. The van der Waals surface area contributed by atoms with Crippen molar-refractivity contribution < 1.29 is 14.3 Å². The van der Waals surface area contributed by atoms with Crippen molar-refractivity contribution in [1.29, 1.82) is 0 Å². The molecule has 0 spiro atoms. The average molecular weight is 409 g/mol. The molecule has 150 valence electrons. The van der Waals surface area contributed by atoms with Gasteiger partial charge in [0.15, 0.2) is 0 Å². The van der Waals surface area contributed by atoms with E-state index in [1.54, 1.807) is 0 Å². The van der Waals surface area contributed by atoms with E-state index in [0.29, 0.717) is 10.6 Å². The van der Waals surface area contributed by atoms with E-state index in [9.17, 15) is 9.59 Å². The molecule has 5 nitrogen and oxygen atoms in total. The van der Waals surface area contributed by atoms with Gasteiger partial charge in [0.1, 0.15) is 5.00 Å². The van der Waals surface area contributed by atoms with Gasteiger partial charge in [0.2, 0.25) is 5.91 Å². The molecule has 0 aliphatic rings. The topological polar surface area (TPSA) is 67.4 Å². The zero-order valence-electron chi connectivity index (χ0n) is 16.7. The van der Waals surface area contributed by atoms with Crippen molar-refractivity contribution in [2.45, 2.75) is 19.9 Å². The van der Waals surface area contributed by atoms with Crippen LogP contribution in [0.4, 0.5) is 5.00 Å². The summed E-state index contributed by atoms with van der Waals surface area (Å²) >= 11 is 1.38. The Balaban J connectivity index is 1.75. The molecule has 1 amide bonds. The van der Waals surface area contributed by atoms with Gasteiger partial charge in [-0.05, 0) is 30.5 Å². The van der Waals surface area contributed by atoms with Crippen LogP contribution in [0.5, 0.6) is 0 Å². The highest BCUT2D eigenvalue weighted by Crippen LogP contribution is 2.33. The lowest BCUT2D eigenvalue weighted by atomic mass is 9.99. The molecule has 0 unspecified atom stereocenters. The highest BCUT2D eigenvalue weighted by Gasteiger charge is 2.22. The highest BCUT2D eigenvalue weighted by molar-refractivity contribution is 7.16. The number of ether oxygens (including phenoxy) is 1. The van der Waals surface area contributed by atoms with Gasteiger partial charge in [-0.1, -0.05) is 60.7 Å². The molecule has 0 atom stereocenters. The quantitative estimate of drug-likeness (QED) is 0.566. The number of amides is 1. The van der Waals surface area contributed by atoms with Crippen LogP contribution in [0.2, 0.25) is 0 Å². The Hall–Kier alpha value is -2.96. The number of aryl methyl sites for hydroxylation is 1. The van der Waals surface area contributed by atoms with Crippen molar-refractivity contribution >= 4 is 28.2 Å². The van der Waals surface area contributed by atoms with E-state index in [2.05, 4.69) is 10.6 Å². The predicted molar refractivity (Wildman–Crippen MR) is 116 cm³/mol. The fourth-order valence-electron chi connectivity index (χ4n) is 3.15. The molecule has 0 radical (unpaired) electrons. The summed E-state index contributed by atoms with van der Waals surface area (Å²) < 4.78 is 4.87. The lowest BCUT2D eigenvalue weighted by Crippen LogP contribution is -2.32. The molecule has 0 fully saturated rings. The van der Waals surface area contributed by atoms with Gasteiger partial charge in [-0.15, -0.1) is 11.3 Å². The van der Waals surface area contributed by atoms with Crippen molar-refractivity contribution in [1.82, 2.24) is 5.32 Å². The molecule has 0 saturated carbocycles. The van der Waals surface area contributed by atoms with Gasteiger partial charge in [-0.25, -0.2) is 4.79 Å². The third-order valence-corrected chi connectivity index (χ3v) is 5.88. The number of methoxy groups -OCH3 is 1. The SMILES string of the molecule is COC(=O)c1c(NC(=O)CNC(c2ccccc2)c2ccccc2)sc(C)c1C. The average Bonchev–Trinajstić information content (AvgIpc) is 3.02. The second-order valence-electron chi connectivity index (χ2n) is 6.66. The van der Waals surface area contributed by atoms with Crippen LogP contribution in [-0.2, 0) is 9.53 Å². The zero-order chi connectivity index (χ0) is 20.8. The normalized spacial score (nSPS) is 10.8. The second-order valence-corrected chi connectivity index (χ2v) is 7.89. The van der Waals surface area contributed by atoms with Crippen molar-refractivity contribution in [3.63, 3.8) is 0 Å². The molecule has 3 aromatic rings. The summed E-state index contributed by atoms with van der Waals surface area (Å²) in [4.78, 5) is 25.7. The van der Waals surface area contributed by atoms with Crippen molar-refractivity contribution in [3.8, 4) is 0 Å². The Morgan fingerprint density at radius 1 is 0.966 bits per heavy atom. The third kappa shape index (κ3) is 4.91. The fourth-order valence-corrected chi connectivity index (χ4v) is 4.21. The number of nitrogens with one attached hydrogen (secondary N) is 2. The lowest BCUT2D eigenvalue weighted by Gasteiger charge is -2.19. The third-order valence-electron chi connectivity index (χ3n) is 4.76. The fraction of sp³-hybridized carbons (Fsp3) is 0.217. The molecule has 3 rings (SSSR count). The number of carbonyl (C=O) groups is 2. The van der Waals surface area contributed by atoms with Gasteiger partial charge < -0.3 is 10.1 Å². The molecular weight excluding hydrogens is 384 g/mol. The van der Waals surface area contributed by atoms with Crippen molar-refractivity contribution in [2.75, 3.05) is 19.0 Å². The Bertz CT molecular complexity index is 945. The summed E-state index contributed by atoms with van der Waals surface area (Å²) in [5.74, 6) is -0.658. The molecule has 0 bridgehead atoms. The van der Waals surface area contributed by atoms with Crippen molar-refractivity contribution in [2.24, 2.45) is 0 Å². The van der Waals surface area contributed by atoms with E-state index < -0.39 is 5.97 Å². The summed E-state index contributed by atoms with van der Waals surface area (Å²) in [6.45, 7) is 3.87. The first-order chi connectivity index (χ1) is 14.0. The van der Waals surface area contributed by atoms with Crippen LogP contribution in [0.25, 0.3) is 0 Å². The molecular formula is C23H24N2O3S. The molecule has 2 N–H and O–H groups in total. The van der Waals surface area contributed by atoms with Gasteiger partial charge in [-0.2, -0.15) is 0 Å². The Kier molecular flexibility index (Phi) is 6.80. The number of benzene rings is 2. The molecule has 0 aliphatic carbocycles. The molecule has 0 aliphatic heterocycles. The number of esters is 1. The number of rotatable bonds is 7. The number of anilines is 1. The molecule has 1 aromatic heterocycles.